The molecule has 8 heteroatoms. The van der Waals surface area contributed by atoms with E-state index in [0.29, 0.717) is 24.9 Å². The van der Waals surface area contributed by atoms with Gasteiger partial charge in [-0.3, -0.25) is 9.69 Å². The summed E-state index contributed by atoms with van der Waals surface area (Å²) in [6.07, 6.45) is 3.34. The summed E-state index contributed by atoms with van der Waals surface area (Å²) < 4.78 is 10.6. The largest absolute Gasteiger partial charge is 0.466 e. The number of carbonyl (C=O) groups excluding carboxylic acids is 1. The van der Waals surface area contributed by atoms with Crippen molar-refractivity contribution in [2.75, 3.05) is 19.7 Å². The second-order valence-corrected chi connectivity index (χ2v) is 7.38. The second kappa shape index (κ2) is 9.13. The van der Waals surface area contributed by atoms with Crippen LogP contribution in [-0.2, 0) is 16.1 Å². The number of likely N-dealkylation sites (tertiary alicyclic amines) is 1. The van der Waals surface area contributed by atoms with E-state index in [2.05, 4.69) is 25.0 Å². The molecule has 30 heavy (non-hydrogen) atoms. The number of nitrogens with zero attached hydrogens (tertiary/aromatic N) is 5. The first-order valence-corrected chi connectivity index (χ1v) is 10.2. The van der Waals surface area contributed by atoms with E-state index in [4.69, 9.17) is 9.26 Å². The number of aryl methyl sites for hydroxylation is 1. The van der Waals surface area contributed by atoms with E-state index in [1.807, 2.05) is 44.2 Å². The molecule has 3 heterocycles. The van der Waals surface area contributed by atoms with Crippen LogP contribution in [-0.4, -0.2) is 50.7 Å². The van der Waals surface area contributed by atoms with E-state index in [-0.39, 0.29) is 11.9 Å². The van der Waals surface area contributed by atoms with Crippen molar-refractivity contribution in [1.29, 1.82) is 0 Å². The minimum atomic E-state index is -0.0870. The first-order valence-electron chi connectivity index (χ1n) is 10.2. The van der Waals surface area contributed by atoms with Gasteiger partial charge in [-0.05, 0) is 51.9 Å². The van der Waals surface area contributed by atoms with E-state index in [1.54, 1.807) is 6.20 Å². The van der Waals surface area contributed by atoms with Crippen molar-refractivity contribution in [3.05, 3.63) is 48.2 Å². The van der Waals surface area contributed by atoms with Gasteiger partial charge in [0, 0.05) is 17.3 Å². The molecule has 8 nitrogen and oxygen atoms in total. The number of piperidine rings is 1. The van der Waals surface area contributed by atoms with Crippen LogP contribution in [0, 0.1) is 12.8 Å². The summed E-state index contributed by atoms with van der Waals surface area (Å²) in [5, 5.41) is 4.15. The molecule has 0 N–H and O–H groups in total. The first-order chi connectivity index (χ1) is 14.6. The number of rotatable bonds is 6. The summed E-state index contributed by atoms with van der Waals surface area (Å²) in [5.74, 6) is 1.76. The standard InChI is InChI=1S/C22H25N5O3/c1-3-29-22(28)16-8-11-27(12-9-16)14-20-25-21(26-30-20)18-6-4-5-17(13-18)19-7-10-23-15(2)24-19/h4-7,10,13,16H,3,8-9,11-12,14H2,1-2H3. The van der Waals surface area contributed by atoms with E-state index < -0.39 is 0 Å². The molecule has 0 radical (unpaired) electrons. The molecule has 0 unspecified atom stereocenters. The summed E-state index contributed by atoms with van der Waals surface area (Å²) in [5.41, 5.74) is 2.71. The maximum atomic E-state index is 11.9. The van der Waals surface area contributed by atoms with Crippen LogP contribution < -0.4 is 0 Å². The fraction of sp³-hybridized carbons (Fsp3) is 0.409. The predicted octanol–water partition coefficient (Wildman–Crippen LogP) is 3.28. The highest BCUT2D eigenvalue weighted by atomic mass is 16.5. The maximum absolute atomic E-state index is 11.9. The van der Waals surface area contributed by atoms with Crippen LogP contribution in [0.15, 0.2) is 41.1 Å². The number of aromatic nitrogens is 4. The van der Waals surface area contributed by atoms with Gasteiger partial charge in [0.05, 0.1) is 24.8 Å². The Morgan fingerprint density at radius 3 is 2.77 bits per heavy atom. The number of carbonyl (C=O) groups is 1. The SMILES string of the molecule is CCOC(=O)C1CCN(Cc2nc(-c3cccc(-c4ccnc(C)n4)c3)no2)CC1. The highest BCUT2D eigenvalue weighted by Crippen LogP contribution is 2.24. The molecule has 1 aliphatic rings. The third-order valence-electron chi connectivity index (χ3n) is 5.23. The third kappa shape index (κ3) is 4.71. The van der Waals surface area contributed by atoms with Crippen LogP contribution in [0.1, 0.15) is 31.5 Å². The molecule has 0 saturated carbocycles. The average Bonchev–Trinajstić information content (AvgIpc) is 3.23. The monoisotopic (exact) mass is 407 g/mol. The Kier molecular flexibility index (Phi) is 6.13. The van der Waals surface area contributed by atoms with Gasteiger partial charge >= 0.3 is 5.97 Å². The zero-order valence-corrected chi connectivity index (χ0v) is 17.2. The lowest BCUT2D eigenvalue weighted by Gasteiger charge is -2.29. The number of esters is 1. The van der Waals surface area contributed by atoms with Gasteiger partial charge in [-0.25, -0.2) is 9.97 Å². The molecule has 0 atom stereocenters. The van der Waals surface area contributed by atoms with Gasteiger partial charge in [0.25, 0.3) is 0 Å². The minimum Gasteiger partial charge on any atom is -0.466 e. The van der Waals surface area contributed by atoms with Crippen molar-refractivity contribution < 1.29 is 14.1 Å². The Morgan fingerprint density at radius 1 is 1.20 bits per heavy atom. The van der Waals surface area contributed by atoms with Crippen LogP contribution in [0.2, 0.25) is 0 Å². The molecule has 2 aromatic heterocycles. The Balaban J connectivity index is 1.40. The molecular formula is C22H25N5O3. The Labute approximate surface area is 175 Å². The van der Waals surface area contributed by atoms with Crippen molar-refractivity contribution in [2.45, 2.75) is 33.2 Å². The summed E-state index contributed by atoms with van der Waals surface area (Å²) in [7, 11) is 0. The zero-order valence-electron chi connectivity index (χ0n) is 17.2. The van der Waals surface area contributed by atoms with E-state index >= 15 is 0 Å². The highest BCUT2D eigenvalue weighted by molar-refractivity contribution is 5.72. The molecule has 0 spiro atoms. The molecule has 1 aliphatic heterocycles. The van der Waals surface area contributed by atoms with Crippen molar-refractivity contribution in [1.82, 2.24) is 25.0 Å². The van der Waals surface area contributed by atoms with Crippen LogP contribution >= 0.6 is 0 Å². The molecule has 1 aromatic carbocycles. The van der Waals surface area contributed by atoms with Gasteiger partial charge in [-0.2, -0.15) is 4.98 Å². The minimum absolute atomic E-state index is 0.00683. The van der Waals surface area contributed by atoms with Crippen LogP contribution in [0.5, 0.6) is 0 Å². The molecule has 4 rings (SSSR count). The Bertz CT molecular complexity index is 1010. The summed E-state index contributed by atoms with van der Waals surface area (Å²) >= 11 is 0. The molecule has 1 fully saturated rings. The van der Waals surface area contributed by atoms with Gasteiger partial charge in [0.1, 0.15) is 5.82 Å². The molecule has 0 amide bonds. The topological polar surface area (TPSA) is 94.2 Å². The molecule has 0 aliphatic carbocycles. The van der Waals surface area contributed by atoms with Gasteiger partial charge in [-0.1, -0.05) is 23.4 Å². The van der Waals surface area contributed by atoms with Gasteiger partial charge in [0.2, 0.25) is 11.7 Å². The molecule has 0 bridgehead atoms. The number of benzene rings is 1. The summed E-state index contributed by atoms with van der Waals surface area (Å²) in [4.78, 5) is 27.3. The lowest BCUT2D eigenvalue weighted by atomic mass is 9.97. The first kappa shape index (κ1) is 20.2. The summed E-state index contributed by atoms with van der Waals surface area (Å²) in [6, 6.07) is 9.80. The zero-order chi connectivity index (χ0) is 20.9. The van der Waals surface area contributed by atoms with E-state index in [1.165, 1.54) is 0 Å². The van der Waals surface area contributed by atoms with Crippen LogP contribution in [0.4, 0.5) is 0 Å². The molecular weight excluding hydrogens is 382 g/mol. The predicted molar refractivity (Wildman–Crippen MR) is 110 cm³/mol. The normalized spacial score (nSPS) is 15.3. The van der Waals surface area contributed by atoms with Crippen LogP contribution in [0.25, 0.3) is 22.6 Å². The smallest absolute Gasteiger partial charge is 0.309 e. The average molecular weight is 407 g/mol. The molecule has 3 aromatic rings. The van der Waals surface area contributed by atoms with Gasteiger partial charge in [0.15, 0.2) is 0 Å². The lowest BCUT2D eigenvalue weighted by molar-refractivity contribution is -0.149. The van der Waals surface area contributed by atoms with E-state index in [0.717, 1.165) is 48.6 Å². The van der Waals surface area contributed by atoms with E-state index in [9.17, 15) is 4.79 Å². The Morgan fingerprint density at radius 2 is 2.00 bits per heavy atom. The number of ether oxygens (including phenoxy) is 1. The fourth-order valence-electron chi connectivity index (χ4n) is 3.65. The third-order valence-corrected chi connectivity index (χ3v) is 5.23. The van der Waals surface area contributed by atoms with Gasteiger partial charge < -0.3 is 9.26 Å². The molecule has 156 valence electrons. The highest BCUT2D eigenvalue weighted by Gasteiger charge is 2.26. The Hall–Kier alpha value is -3.13. The van der Waals surface area contributed by atoms with Crippen molar-refractivity contribution >= 4 is 5.97 Å². The number of hydrogen-bond donors (Lipinski definition) is 0. The maximum Gasteiger partial charge on any atom is 0.309 e. The quantitative estimate of drug-likeness (QED) is 0.575. The van der Waals surface area contributed by atoms with Crippen molar-refractivity contribution in [2.24, 2.45) is 5.92 Å². The summed E-state index contributed by atoms with van der Waals surface area (Å²) in [6.45, 7) is 6.33. The lowest BCUT2D eigenvalue weighted by Crippen LogP contribution is -2.36. The van der Waals surface area contributed by atoms with Crippen molar-refractivity contribution in [3.8, 4) is 22.6 Å². The fourth-order valence-corrected chi connectivity index (χ4v) is 3.65. The van der Waals surface area contributed by atoms with Crippen LogP contribution in [0.3, 0.4) is 0 Å². The van der Waals surface area contributed by atoms with Crippen molar-refractivity contribution in [3.63, 3.8) is 0 Å². The molecule has 1 saturated heterocycles. The van der Waals surface area contributed by atoms with Gasteiger partial charge in [-0.15, -0.1) is 0 Å². The number of hydrogen-bond acceptors (Lipinski definition) is 8. The second-order valence-electron chi connectivity index (χ2n) is 7.38.